The lowest BCUT2D eigenvalue weighted by molar-refractivity contribution is 0.0693. The smallest absolute Gasteiger partial charge is 0.337 e. The normalized spacial score (nSPS) is 16.6. The predicted octanol–water partition coefficient (Wildman–Crippen LogP) is 4.68. The van der Waals surface area contributed by atoms with Gasteiger partial charge in [-0.15, -0.1) is 0 Å². The number of aromatic nitrogens is 1. The lowest BCUT2D eigenvalue weighted by Crippen LogP contribution is -2.31. The summed E-state index contributed by atoms with van der Waals surface area (Å²) in [5.74, 6) is -1.32. The number of carbonyl (C=O) groups is 1. The van der Waals surface area contributed by atoms with E-state index in [-0.39, 0.29) is 29.3 Å². The highest BCUT2D eigenvalue weighted by Gasteiger charge is 2.37. The Balaban J connectivity index is 1.65. The van der Waals surface area contributed by atoms with E-state index in [1.54, 1.807) is 24.3 Å². The second-order valence-electron chi connectivity index (χ2n) is 7.48. The monoisotopic (exact) mass is 490 g/mol. The van der Waals surface area contributed by atoms with E-state index in [4.69, 9.17) is 16.3 Å². The molecule has 0 saturated carbocycles. The molecule has 0 bridgehead atoms. The van der Waals surface area contributed by atoms with E-state index in [2.05, 4.69) is 4.98 Å². The molecule has 1 saturated heterocycles. The van der Waals surface area contributed by atoms with Crippen molar-refractivity contribution in [1.29, 1.82) is 0 Å². The van der Waals surface area contributed by atoms with Gasteiger partial charge in [0, 0.05) is 6.54 Å². The topological polar surface area (TPSA) is 96.8 Å². The summed E-state index contributed by atoms with van der Waals surface area (Å²) in [5.41, 5.74) is 0.531. The minimum Gasteiger partial charge on any atom is -0.486 e. The lowest BCUT2D eigenvalue weighted by Gasteiger charge is -2.24. The summed E-state index contributed by atoms with van der Waals surface area (Å²) >= 11 is 6.11. The maximum absolute atomic E-state index is 13.3. The summed E-state index contributed by atoms with van der Waals surface area (Å²) < 4.78 is 46.6. The first-order valence-corrected chi connectivity index (χ1v) is 12.0. The van der Waals surface area contributed by atoms with E-state index < -0.39 is 27.9 Å². The van der Waals surface area contributed by atoms with Crippen LogP contribution in [0.4, 0.5) is 4.39 Å². The Kier molecular flexibility index (Phi) is 6.64. The van der Waals surface area contributed by atoms with Gasteiger partial charge in [-0.3, -0.25) is 4.98 Å². The van der Waals surface area contributed by atoms with Gasteiger partial charge in [-0.05, 0) is 61.4 Å². The van der Waals surface area contributed by atoms with Crippen LogP contribution in [0.5, 0.6) is 5.75 Å². The van der Waals surface area contributed by atoms with Crippen LogP contribution in [0.2, 0.25) is 5.02 Å². The van der Waals surface area contributed by atoms with Gasteiger partial charge in [-0.1, -0.05) is 23.7 Å². The molecule has 0 radical (unpaired) electrons. The summed E-state index contributed by atoms with van der Waals surface area (Å²) in [7, 11) is -3.89. The van der Waals surface area contributed by atoms with Gasteiger partial charge < -0.3 is 9.84 Å². The summed E-state index contributed by atoms with van der Waals surface area (Å²) in [4.78, 5) is 16.2. The van der Waals surface area contributed by atoms with E-state index in [1.165, 1.54) is 28.6 Å². The Bertz CT molecular complexity index is 1280. The molecular formula is C23H20ClFN2O5S. The zero-order valence-electron chi connectivity index (χ0n) is 17.3. The van der Waals surface area contributed by atoms with Crippen molar-refractivity contribution in [2.75, 3.05) is 6.54 Å². The van der Waals surface area contributed by atoms with Gasteiger partial charge in [0.25, 0.3) is 0 Å². The molecule has 1 aromatic heterocycles. The summed E-state index contributed by atoms with van der Waals surface area (Å²) in [6, 6.07) is 13.8. The van der Waals surface area contributed by atoms with Crippen LogP contribution < -0.4 is 4.74 Å². The molecule has 0 spiro atoms. The molecule has 10 heteroatoms. The number of para-hydroxylation sites is 1. The van der Waals surface area contributed by atoms with Crippen LogP contribution in [-0.2, 0) is 16.6 Å². The molecule has 1 aliphatic rings. The van der Waals surface area contributed by atoms with E-state index in [1.807, 2.05) is 0 Å². The highest BCUT2D eigenvalue weighted by Crippen LogP contribution is 2.36. The number of rotatable bonds is 7. The predicted molar refractivity (Wildman–Crippen MR) is 119 cm³/mol. The van der Waals surface area contributed by atoms with Crippen LogP contribution in [0.15, 0.2) is 65.6 Å². The Hall–Kier alpha value is -3.01. The molecule has 33 heavy (non-hydrogen) atoms. The third kappa shape index (κ3) is 4.85. The highest BCUT2D eigenvalue weighted by molar-refractivity contribution is 7.89. The minimum absolute atomic E-state index is 0.0137. The molecule has 0 aliphatic carbocycles. The fourth-order valence-corrected chi connectivity index (χ4v) is 5.64. The molecule has 3 aromatic rings. The van der Waals surface area contributed by atoms with Gasteiger partial charge in [0.05, 0.1) is 32.9 Å². The zero-order chi connectivity index (χ0) is 23.6. The number of pyridine rings is 1. The average molecular weight is 491 g/mol. The molecule has 172 valence electrons. The number of sulfonamides is 1. The summed E-state index contributed by atoms with van der Waals surface area (Å²) in [5, 5.41) is 9.94. The quantitative estimate of drug-likeness (QED) is 0.516. The van der Waals surface area contributed by atoms with Crippen LogP contribution in [0, 0.1) is 5.82 Å². The summed E-state index contributed by atoms with van der Waals surface area (Å²) in [6.45, 7) is 0.120. The molecule has 2 heterocycles. The maximum Gasteiger partial charge on any atom is 0.337 e. The van der Waals surface area contributed by atoms with Gasteiger partial charge >= 0.3 is 5.97 Å². The Morgan fingerprint density at radius 1 is 1.15 bits per heavy atom. The van der Waals surface area contributed by atoms with Gasteiger partial charge in [-0.2, -0.15) is 4.31 Å². The molecule has 0 amide bonds. The largest absolute Gasteiger partial charge is 0.486 e. The van der Waals surface area contributed by atoms with Crippen molar-refractivity contribution in [2.24, 2.45) is 0 Å². The first-order valence-electron chi connectivity index (χ1n) is 10.2. The number of hydrogen-bond acceptors (Lipinski definition) is 5. The van der Waals surface area contributed by atoms with E-state index >= 15 is 0 Å². The van der Waals surface area contributed by atoms with Gasteiger partial charge in [0.15, 0.2) is 0 Å². The van der Waals surface area contributed by atoms with Crippen molar-refractivity contribution < 1.29 is 27.4 Å². The Labute approximate surface area is 195 Å². The fraction of sp³-hybridized carbons (Fsp3) is 0.217. The Morgan fingerprint density at radius 2 is 1.88 bits per heavy atom. The number of halogens is 2. The van der Waals surface area contributed by atoms with Crippen molar-refractivity contribution in [3.05, 3.63) is 88.5 Å². The molecule has 2 aromatic carbocycles. The fourth-order valence-electron chi connectivity index (χ4n) is 3.78. The van der Waals surface area contributed by atoms with E-state index in [0.717, 1.165) is 12.1 Å². The maximum atomic E-state index is 13.3. The van der Waals surface area contributed by atoms with Crippen molar-refractivity contribution in [3.8, 4) is 5.75 Å². The molecule has 1 atom stereocenters. The van der Waals surface area contributed by atoms with Crippen molar-refractivity contribution in [3.63, 3.8) is 0 Å². The number of carboxylic acid groups (broad SMARTS) is 1. The summed E-state index contributed by atoms with van der Waals surface area (Å²) in [6.07, 6.45) is 1.13. The number of ether oxygens (including phenoxy) is 1. The van der Waals surface area contributed by atoms with Crippen LogP contribution in [-0.4, -0.2) is 35.3 Å². The van der Waals surface area contributed by atoms with Crippen molar-refractivity contribution >= 4 is 27.6 Å². The molecular weight excluding hydrogens is 471 g/mol. The third-order valence-electron chi connectivity index (χ3n) is 5.39. The first-order chi connectivity index (χ1) is 15.8. The molecule has 4 rings (SSSR count). The number of carboxylic acids is 1. The lowest BCUT2D eigenvalue weighted by atomic mass is 10.1. The van der Waals surface area contributed by atoms with Gasteiger partial charge in [0.1, 0.15) is 18.2 Å². The van der Waals surface area contributed by atoms with Crippen LogP contribution >= 0.6 is 11.6 Å². The van der Waals surface area contributed by atoms with Gasteiger partial charge in [0.2, 0.25) is 10.0 Å². The van der Waals surface area contributed by atoms with Crippen LogP contribution in [0.25, 0.3) is 0 Å². The van der Waals surface area contributed by atoms with Gasteiger partial charge in [-0.25, -0.2) is 17.6 Å². The highest BCUT2D eigenvalue weighted by atomic mass is 35.5. The number of nitrogens with zero attached hydrogens (tertiary/aromatic N) is 2. The Morgan fingerprint density at radius 3 is 2.58 bits per heavy atom. The molecule has 1 fully saturated rings. The minimum atomic E-state index is -3.89. The first kappa shape index (κ1) is 23.2. The average Bonchev–Trinajstić information content (AvgIpc) is 3.29. The van der Waals surface area contributed by atoms with Crippen LogP contribution in [0.3, 0.4) is 0 Å². The molecule has 0 unspecified atom stereocenters. The van der Waals surface area contributed by atoms with Crippen molar-refractivity contribution in [2.45, 2.75) is 30.4 Å². The van der Waals surface area contributed by atoms with Crippen molar-refractivity contribution in [1.82, 2.24) is 9.29 Å². The van der Waals surface area contributed by atoms with Crippen LogP contribution in [0.1, 0.15) is 40.6 Å². The number of benzene rings is 2. The molecule has 7 nitrogen and oxygen atoms in total. The second-order valence-corrected chi connectivity index (χ2v) is 9.78. The standard InChI is InChI=1S/C23H20ClFN2O5S/c24-18-4-1-2-6-22(18)32-14-20-17(23(28)29)11-12-19(26-20)21-5-3-13-27(21)33(30,31)16-9-7-15(25)8-10-16/h1-2,4,6-12,21H,3,5,13-14H2,(H,28,29)/t21-/m0/s1. The third-order valence-corrected chi connectivity index (χ3v) is 7.63. The number of hydrogen-bond donors (Lipinski definition) is 1. The molecule has 1 N–H and O–H groups in total. The molecule has 1 aliphatic heterocycles. The SMILES string of the molecule is O=C(O)c1ccc([C@@H]2CCCN2S(=O)(=O)c2ccc(F)cc2)nc1COc1ccccc1Cl. The zero-order valence-corrected chi connectivity index (χ0v) is 18.9. The van der Waals surface area contributed by atoms with E-state index in [0.29, 0.717) is 29.3 Å². The second kappa shape index (κ2) is 9.46. The van der Waals surface area contributed by atoms with E-state index in [9.17, 15) is 22.7 Å². The number of aromatic carboxylic acids is 1.